The van der Waals surface area contributed by atoms with Crippen molar-refractivity contribution in [3.05, 3.63) is 48.2 Å². The van der Waals surface area contributed by atoms with E-state index < -0.39 is 0 Å². The SMILES string of the molecule is CC1(C)CCCN(c2ccnc(N3CC(CO)(c4ccccc4)C3)n2)C1. The van der Waals surface area contributed by atoms with Gasteiger partial charge in [-0.15, -0.1) is 0 Å². The maximum absolute atomic E-state index is 10.00. The number of anilines is 2. The summed E-state index contributed by atoms with van der Waals surface area (Å²) in [4.78, 5) is 13.9. The Bertz CT molecular complexity index is 756. The predicted octanol–water partition coefficient (Wildman–Crippen LogP) is 2.85. The second kappa shape index (κ2) is 6.54. The Kier molecular flexibility index (Phi) is 4.35. The Morgan fingerprint density at radius 3 is 2.50 bits per heavy atom. The van der Waals surface area contributed by atoms with Gasteiger partial charge in [0, 0.05) is 32.4 Å². The van der Waals surface area contributed by atoms with Crippen molar-refractivity contribution >= 4 is 11.8 Å². The lowest BCUT2D eigenvalue weighted by molar-refractivity contribution is 0.161. The molecule has 26 heavy (non-hydrogen) atoms. The Morgan fingerprint density at radius 1 is 1.04 bits per heavy atom. The van der Waals surface area contributed by atoms with Crippen LogP contribution >= 0.6 is 0 Å². The summed E-state index contributed by atoms with van der Waals surface area (Å²) in [6.07, 6.45) is 4.34. The standard InChI is InChI=1S/C21H28N4O/c1-20(2)10-6-12-24(13-20)18-9-11-22-19(23-18)25-14-21(15-25,16-26)17-7-4-3-5-8-17/h3-5,7-9,11,26H,6,10,12-16H2,1-2H3. The van der Waals surface area contributed by atoms with E-state index in [1.54, 1.807) is 0 Å². The van der Waals surface area contributed by atoms with Gasteiger partial charge in [0.05, 0.1) is 12.0 Å². The molecular weight excluding hydrogens is 324 g/mol. The first-order chi connectivity index (χ1) is 12.5. The molecule has 3 heterocycles. The van der Waals surface area contributed by atoms with Crippen molar-refractivity contribution in [2.75, 3.05) is 42.6 Å². The smallest absolute Gasteiger partial charge is 0.227 e. The van der Waals surface area contributed by atoms with Crippen LogP contribution in [-0.2, 0) is 5.41 Å². The van der Waals surface area contributed by atoms with Gasteiger partial charge in [-0.25, -0.2) is 4.98 Å². The van der Waals surface area contributed by atoms with E-state index in [2.05, 4.69) is 40.8 Å². The minimum atomic E-state index is -0.201. The van der Waals surface area contributed by atoms with E-state index in [0.29, 0.717) is 5.41 Å². The van der Waals surface area contributed by atoms with Crippen LogP contribution in [0.2, 0.25) is 0 Å². The third-order valence-corrected chi connectivity index (χ3v) is 5.81. The Balaban J connectivity index is 1.50. The maximum atomic E-state index is 10.00. The van der Waals surface area contributed by atoms with Crippen molar-refractivity contribution in [1.29, 1.82) is 0 Å². The van der Waals surface area contributed by atoms with Gasteiger partial charge in [0.1, 0.15) is 5.82 Å². The van der Waals surface area contributed by atoms with Crippen molar-refractivity contribution in [2.24, 2.45) is 5.41 Å². The summed E-state index contributed by atoms with van der Waals surface area (Å²) in [6, 6.07) is 12.3. The van der Waals surface area contributed by atoms with Crippen molar-refractivity contribution in [2.45, 2.75) is 32.1 Å². The van der Waals surface area contributed by atoms with Crippen LogP contribution in [0, 0.1) is 5.41 Å². The number of benzene rings is 1. The minimum Gasteiger partial charge on any atom is -0.395 e. The highest BCUT2D eigenvalue weighted by Crippen LogP contribution is 2.37. The van der Waals surface area contributed by atoms with E-state index in [4.69, 9.17) is 4.98 Å². The van der Waals surface area contributed by atoms with Crippen LogP contribution < -0.4 is 9.80 Å². The highest BCUT2D eigenvalue weighted by atomic mass is 16.3. The average Bonchev–Trinajstić information content (AvgIpc) is 2.62. The number of rotatable bonds is 4. The van der Waals surface area contributed by atoms with E-state index in [-0.39, 0.29) is 12.0 Å². The minimum absolute atomic E-state index is 0.146. The molecule has 0 unspecified atom stereocenters. The van der Waals surface area contributed by atoms with Gasteiger partial charge in [0.2, 0.25) is 5.95 Å². The molecule has 2 aliphatic heterocycles. The monoisotopic (exact) mass is 352 g/mol. The zero-order chi connectivity index (χ0) is 18.2. The lowest BCUT2D eigenvalue weighted by Gasteiger charge is -2.49. The molecule has 1 N–H and O–H groups in total. The summed E-state index contributed by atoms with van der Waals surface area (Å²) in [7, 11) is 0. The summed E-state index contributed by atoms with van der Waals surface area (Å²) in [5, 5.41) is 10.00. The summed E-state index contributed by atoms with van der Waals surface area (Å²) in [5.74, 6) is 1.79. The topological polar surface area (TPSA) is 52.5 Å². The first kappa shape index (κ1) is 17.3. The number of aromatic nitrogens is 2. The largest absolute Gasteiger partial charge is 0.395 e. The molecule has 2 saturated heterocycles. The number of aliphatic hydroxyl groups excluding tert-OH is 1. The fourth-order valence-corrected chi connectivity index (χ4v) is 4.28. The number of nitrogens with zero attached hydrogens (tertiary/aromatic N) is 4. The molecule has 2 aliphatic rings. The second-order valence-electron chi connectivity index (χ2n) is 8.56. The average molecular weight is 352 g/mol. The van der Waals surface area contributed by atoms with Crippen LogP contribution in [0.4, 0.5) is 11.8 Å². The Labute approximate surface area is 155 Å². The van der Waals surface area contributed by atoms with Gasteiger partial charge in [-0.05, 0) is 29.9 Å². The van der Waals surface area contributed by atoms with Crippen molar-refractivity contribution in [3.8, 4) is 0 Å². The van der Waals surface area contributed by atoms with Gasteiger partial charge >= 0.3 is 0 Å². The molecule has 0 atom stereocenters. The van der Waals surface area contributed by atoms with Gasteiger partial charge in [0.25, 0.3) is 0 Å². The zero-order valence-electron chi connectivity index (χ0n) is 15.7. The summed E-state index contributed by atoms with van der Waals surface area (Å²) in [5.41, 5.74) is 1.32. The Morgan fingerprint density at radius 2 is 1.81 bits per heavy atom. The fourth-order valence-electron chi connectivity index (χ4n) is 4.28. The molecule has 1 aromatic carbocycles. The molecule has 0 bridgehead atoms. The molecule has 4 rings (SSSR count). The number of piperidine rings is 1. The van der Waals surface area contributed by atoms with Crippen LogP contribution in [0.3, 0.4) is 0 Å². The molecule has 0 saturated carbocycles. The number of hydrogen-bond acceptors (Lipinski definition) is 5. The van der Waals surface area contributed by atoms with E-state index in [1.807, 2.05) is 30.5 Å². The van der Waals surface area contributed by atoms with Crippen molar-refractivity contribution < 1.29 is 5.11 Å². The van der Waals surface area contributed by atoms with Crippen LogP contribution in [0.1, 0.15) is 32.3 Å². The number of aliphatic hydroxyl groups is 1. The number of hydrogen-bond donors (Lipinski definition) is 1. The summed E-state index contributed by atoms with van der Waals surface area (Å²) < 4.78 is 0. The molecule has 0 radical (unpaired) electrons. The van der Waals surface area contributed by atoms with Gasteiger partial charge in [-0.3, -0.25) is 0 Å². The lowest BCUT2D eigenvalue weighted by Crippen LogP contribution is -2.62. The van der Waals surface area contributed by atoms with Crippen LogP contribution in [0.25, 0.3) is 0 Å². The second-order valence-corrected chi connectivity index (χ2v) is 8.56. The molecule has 1 aromatic heterocycles. The van der Waals surface area contributed by atoms with E-state index in [9.17, 15) is 5.11 Å². The third-order valence-electron chi connectivity index (χ3n) is 5.81. The van der Waals surface area contributed by atoms with E-state index >= 15 is 0 Å². The van der Waals surface area contributed by atoms with Gasteiger partial charge in [-0.2, -0.15) is 4.98 Å². The van der Waals surface area contributed by atoms with Gasteiger partial charge in [-0.1, -0.05) is 44.2 Å². The third kappa shape index (κ3) is 3.16. The summed E-state index contributed by atoms with van der Waals surface area (Å²) in [6.45, 7) is 8.40. The molecule has 5 heteroatoms. The van der Waals surface area contributed by atoms with Crippen molar-refractivity contribution in [3.63, 3.8) is 0 Å². The first-order valence-corrected chi connectivity index (χ1v) is 9.51. The van der Waals surface area contributed by atoms with Crippen LogP contribution in [0.15, 0.2) is 42.6 Å². The quantitative estimate of drug-likeness (QED) is 0.917. The molecule has 2 aromatic rings. The molecular formula is C21H28N4O. The molecule has 0 amide bonds. The summed E-state index contributed by atoms with van der Waals surface area (Å²) >= 11 is 0. The molecule has 0 aliphatic carbocycles. The molecule has 5 nitrogen and oxygen atoms in total. The molecule has 0 spiro atoms. The van der Waals surface area contributed by atoms with Crippen LogP contribution in [-0.4, -0.2) is 47.9 Å². The first-order valence-electron chi connectivity index (χ1n) is 9.51. The van der Waals surface area contributed by atoms with E-state index in [0.717, 1.165) is 37.9 Å². The van der Waals surface area contributed by atoms with Crippen LogP contribution in [0.5, 0.6) is 0 Å². The van der Waals surface area contributed by atoms with Gasteiger partial charge in [0.15, 0.2) is 0 Å². The highest BCUT2D eigenvalue weighted by Gasteiger charge is 2.45. The highest BCUT2D eigenvalue weighted by molar-refractivity contribution is 5.49. The molecule has 2 fully saturated rings. The van der Waals surface area contributed by atoms with Crippen molar-refractivity contribution in [1.82, 2.24) is 9.97 Å². The molecule has 138 valence electrons. The predicted molar refractivity (Wildman–Crippen MR) is 105 cm³/mol. The Hall–Kier alpha value is -2.14. The maximum Gasteiger partial charge on any atom is 0.227 e. The normalized spacial score (nSPS) is 21.3. The van der Waals surface area contributed by atoms with Gasteiger partial charge < -0.3 is 14.9 Å². The lowest BCUT2D eigenvalue weighted by atomic mass is 9.74. The zero-order valence-corrected chi connectivity index (χ0v) is 15.7. The van der Waals surface area contributed by atoms with E-state index in [1.165, 1.54) is 18.4 Å². The fraction of sp³-hybridized carbons (Fsp3) is 0.524.